The van der Waals surface area contributed by atoms with Gasteiger partial charge in [-0.1, -0.05) is 41.4 Å². The van der Waals surface area contributed by atoms with E-state index < -0.39 is 5.56 Å². The molecule has 2 aromatic carbocycles. The average Bonchev–Trinajstić information content (AvgIpc) is 3.00. The summed E-state index contributed by atoms with van der Waals surface area (Å²) >= 11 is 17.3. The van der Waals surface area contributed by atoms with Crippen LogP contribution >= 0.6 is 35.4 Å². The first-order valence-corrected chi connectivity index (χ1v) is 9.00. The van der Waals surface area contributed by atoms with Crippen molar-refractivity contribution in [1.82, 2.24) is 9.55 Å². The molecule has 134 valence electrons. The van der Waals surface area contributed by atoms with Gasteiger partial charge in [-0.25, -0.2) is 0 Å². The molecule has 8 heteroatoms. The highest BCUT2D eigenvalue weighted by molar-refractivity contribution is 7.71. The minimum absolute atomic E-state index is 0.0264. The van der Waals surface area contributed by atoms with Gasteiger partial charge in [0.15, 0.2) is 4.77 Å². The molecule has 0 saturated carbocycles. The number of rotatable bonds is 2. The van der Waals surface area contributed by atoms with Gasteiger partial charge in [-0.05, 0) is 42.6 Å². The Labute approximate surface area is 168 Å². The summed E-state index contributed by atoms with van der Waals surface area (Å²) in [4.78, 5) is 19.3. The molecule has 3 aromatic rings. The van der Waals surface area contributed by atoms with Crippen LogP contribution in [0, 0.1) is 4.77 Å². The van der Waals surface area contributed by atoms with Crippen molar-refractivity contribution in [2.24, 2.45) is 4.99 Å². The molecule has 2 heterocycles. The molecule has 2 N–H and O–H groups in total. The van der Waals surface area contributed by atoms with E-state index in [0.717, 1.165) is 11.3 Å². The molecule has 0 fully saturated rings. The molecule has 4 rings (SSSR count). The van der Waals surface area contributed by atoms with Crippen molar-refractivity contribution in [1.29, 1.82) is 0 Å². The largest absolute Gasteiger partial charge is 0.494 e. The first-order chi connectivity index (χ1) is 12.9. The second-order valence-corrected chi connectivity index (χ2v) is 7.09. The van der Waals surface area contributed by atoms with Gasteiger partial charge >= 0.3 is 0 Å². The Balaban J connectivity index is 1.94. The number of benzene rings is 2. The number of nitrogens with zero attached hydrogens (tertiary/aromatic N) is 2. The van der Waals surface area contributed by atoms with Gasteiger partial charge in [0.05, 0.1) is 11.4 Å². The third-order valence-electron chi connectivity index (χ3n) is 4.08. The van der Waals surface area contributed by atoms with Crippen LogP contribution in [0.1, 0.15) is 11.1 Å². The topological polar surface area (TPSA) is 70.4 Å². The van der Waals surface area contributed by atoms with Crippen LogP contribution in [0.2, 0.25) is 10.0 Å². The summed E-state index contributed by atoms with van der Waals surface area (Å²) in [5.41, 5.74) is 2.36. The third-order valence-corrected chi connectivity index (χ3v) is 4.81. The SMILES string of the molecule is O=c1[nH]c(=S)n(-c2cc(Cl)cc(Cl)c2)c(O)c1/C=C1\C=Nc2ccccc21. The fourth-order valence-corrected chi connectivity index (χ4v) is 3.69. The summed E-state index contributed by atoms with van der Waals surface area (Å²) in [5, 5.41) is 11.5. The Morgan fingerprint density at radius 3 is 2.59 bits per heavy atom. The molecule has 0 unspecified atom stereocenters. The first-order valence-electron chi connectivity index (χ1n) is 7.84. The van der Waals surface area contributed by atoms with Crippen LogP contribution in [-0.4, -0.2) is 20.9 Å². The van der Waals surface area contributed by atoms with Crippen molar-refractivity contribution in [3.8, 4) is 11.6 Å². The van der Waals surface area contributed by atoms with Crippen molar-refractivity contribution in [3.63, 3.8) is 0 Å². The van der Waals surface area contributed by atoms with Crippen molar-refractivity contribution in [3.05, 3.63) is 78.8 Å². The van der Waals surface area contributed by atoms with E-state index in [4.69, 9.17) is 35.4 Å². The minimum atomic E-state index is -0.507. The second-order valence-electron chi connectivity index (χ2n) is 5.83. The maximum atomic E-state index is 12.4. The van der Waals surface area contributed by atoms with Gasteiger partial charge in [0.2, 0.25) is 5.88 Å². The molecule has 0 amide bonds. The van der Waals surface area contributed by atoms with E-state index in [1.807, 2.05) is 24.3 Å². The number of halogens is 2. The Morgan fingerprint density at radius 1 is 1.15 bits per heavy atom. The molecule has 1 aliphatic heterocycles. The van der Waals surface area contributed by atoms with Crippen molar-refractivity contribution >= 4 is 59.0 Å². The van der Waals surface area contributed by atoms with E-state index in [9.17, 15) is 9.90 Å². The summed E-state index contributed by atoms with van der Waals surface area (Å²) in [6.45, 7) is 0. The van der Waals surface area contributed by atoms with Crippen LogP contribution in [0.25, 0.3) is 17.3 Å². The molecule has 1 aromatic heterocycles. The normalized spacial score (nSPS) is 13.9. The lowest BCUT2D eigenvalue weighted by Crippen LogP contribution is -2.16. The number of fused-ring (bicyclic) bond motifs is 1. The number of H-pyrrole nitrogens is 1. The molecular formula is C19H11Cl2N3O2S. The Morgan fingerprint density at radius 2 is 1.85 bits per heavy atom. The molecule has 0 atom stereocenters. The number of allylic oxidation sites excluding steroid dienone is 1. The number of hydrogen-bond donors (Lipinski definition) is 2. The number of aliphatic imine (C=N–C) groups is 1. The van der Waals surface area contributed by atoms with Crippen molar-refractivity contribution in [2.75, 3.05) is 0 Å². The van der Waals surface area contributed by atoms with Crippen LogP contribution < -0.4 is 5.56 Å². The molecule has 27 heavy (non-hydrogen) atoms. The van der Waals surface area contributed by atoms with Gasteiger partial charge in [0.1, 0.15) is 5.56 Å². The summed E-state index contributed by atoms with van der Waals surface area (Å²) in [5.74, 6) is -0.313. The van der Waals surface area contributed by atoms with Gasteiger partial charge < -0.3 is 5.11 Å². The van der Waals surface area contributed by atoms with Crippen LogP contribution in [0.15, 0.2) is 52.3 Å². The van der Waals surface area contributed by atoms with Gasteiger partial charge in [-0.15, -0.1) is 0 Å². The van der Waals surface area contributed by atoms with Crippen molar-refractivity contribution < 1.29 is 5.11 Å². The summed E-state index contributed by atoms with van der Waals surface area (Å²) in [7, 11) is 0. The number of nitrogens with one attached hydrogen (secondary N) is 1. The van der Waals surface area contributed by atoms with Gasteiger partial charge in [-0.3, -0.25) is 19.3 Å². The predicted octanol–water partition coefficient (Wildman–Crippen LogP) is 5.16. The lowest BCUT2D eigenvalue weighted by Gasteiger charge is -2.12. The van der Waals surface area contributed by atoms with Crippen LogP contribution in [-0.2, 0) is 0 Å². The Bertz CT molecular complexity index is 1240. The molecule has 0 radical (unpaired) electrons. The lowest BCUT2D eigenvalue weighted by atomic mass is 10.1. The molecule has 0 aliphatic carbocycles. The highest BCUT2D eigenvalue weighted by atomic mass is 35.5. The Kier molecular flexibility index (Phi) is 4.47. The zero-order valence-corrected chi connectivity index (χ0v) is 15.9. The highest BCUT2D eigenvalue weighted by Crippen LogP contribution is 2.33. The quantitative estimate of drug-likeness (QED) is 0.567. The van der Waals surface area contributed by atoms with E-state index in [0.29, 0.717) is 21.3 Å². The fraction of sp³-hybridized carbons (Fsp3) is 0. The van der Waals surface area contributed by atoms with Gasteiger partial charge in [0.25, 0.3) is 5.56 Å². The molecular weight excluding hydrogens is 405 g/mol. The van der Waals surface area contributed by atoms with Crippen molar-refractivity contribution in [2.45, 2.75) is 0 Å². The number of aromatic amines is 1. The molecule has 5 nitrogen and oxygen atoms in total. The molecule has 0 bridgehead atoms. The van der Waals surface area contributed by atoms with E-state index >= 15 is 0 Å². The van der Waals surface area contributed by atoms with Crippen LogP contribution in [0.4, 0.5) is 5.69 Å². The Hall–Kier alpha value is -2.67. The maximum Gasteiger partial charge on any atom is 0.262 e. The summed E-state index contributed by atoms with van der Waals surface area (Å²) in [6.07, 6.45) is 3.21. The number of hydrogen-bond acceptors (Lipinski definition) is 4. The number of aromatic hydroxyl groups is 1. The average molecular weight is 416 g/mol. The second kappa shape index (κ2) is 6.81. The van der Waals surface area contributed by atoms with Gasteiger partial charge in [-0.2, -0.15) is 0 Å². The first kappa shape index (κ1) is 17.7. The summed E-state index contributed by atoms with van der Waals surface area (Å²) in [6, 6.07) is 12.3. The number of para-hydroxylation sites is 1. The zero-order valence-electron chi connectivity index (χ0n) is 13.6. The van der Waals surface area contributed by atoms with Gasteiger partial charge in [0, 0.05) is 27.4 Å². The smallest absolute Gasteiger partial charge is 0.262 e. The molecule has 0 spiro atoms. The highest BCUT2D eigenvalue weighted by Gasteiger charge is 2.17. The van der Waals surface area contributed by atoms with E-state index in [1.165, 1.54) is 4.57 Å². The standard InChI is InChI=1S/C19H11Cl2N3O2S/c20-11-6-12(21)8-13(7-11)24-18(26)15(17(25)23-19(24)27)5-10-9-22-16-4-2-1-3-14(10)16/h1-9,26H,(H,23,25,27)/b10-5+. The van der Waals surface area contributed by atoms with E-state index in [-0.39, 0.29) is 16.2 Å². The number of aromatic nitrogens is 2. The van der Waals surface area contributed by atoms with Crippen LogP contribution in [0.5, 0.6) is 5.88 Å². The monoisotopic (exact) mass is 415 g/mol. The minimum Gasteiger partial charge on any atom is -0.494 e. The van der Waals surface area contributed by atoms with Crippen LogP contribution in [0.3, 0.4) is 0 Å². The lowest BCUT2D eigenvalue weighted by molar-refractivity contribution is 0.432. The fourth-order valence-electron chi connectivity index (χ4n) is 2.89. The summed E-state index contributed by atoms with van der Waals surface area (Å²) < 4.78 is 1.33. The third kappa shape index (κ3) is 3.23. The zero-order chi connectivity index (χ0) is 19.1. The van der Waals surface area contributed by atoms with E-state index in [2.05, 4.69) is 9.98 Å². The maximum absolute atomic E-state index is 12.4. The molecule has 0 saturated heterocycles. The predicted molar refractivity (Wildman–Crippen MR) is 111 cm³/mol. The van der Waals surface area contributed by atoms with E-state index in [1.54, 1.807) is 30.5 Å². The molecule has 1 aliphatic rings.